The van der Waals surface area contributed by atoms with E-state index in [4.69, 9.17) is 0 Å². The molecule has 0 aliphatic rings. The molecule has 28 heavy (non-hydrogen) atoms. The van der Waals surface area contributed by atoms with Crippen molar-refractivity contribution < 1.29 is 0 Å². The molecule has 1 N–H and O–H groups in total. The predicted octanol–water partition coefficient (Wildman–Crippen LogP) is 6.08. The van der Waals surface area contributed by atoms with Crippen LogP contribution in [0.1, 0.15) is 5.56 Å². The van der Waals surface area contributed by atoms with Crippen LogP contribution in [0.2, 0.25) is 0 Å². The van der Waals surface area contributed by atoms with Crippen molar-refractivity contribution in [2.24, 2.45) is 0 Å². The highest BCUT2D eigenvalue weighted by Gasteiger charge is 2.18. The predicted molar refractivity (Wildman–Crippen MR) is 116 cm³/mol. The molecule has 0 aliphatic carbocycles. The summed E-state index contributed by atoms with van der Waals surface area (Å²) in [5.74, 6) is 0. The number of nitrogens with zero attached hydrogens (tertiary/aromatic N) is 3. The molecule has 0 unspecified atom stereocenters. The van der Waals surface area contributed by atoms with Gasteiger partial charge >= 0.3 is 0 Å². The highest BCUT2D eigenvalue weighted by atomic mass is 32.1. The average Bonchev–Trinajstić information content (AvgIpc) is 3.39. The van der Waals surface area contributed by atoms with Crippen LogP contribution in [0, 0.1) is 11.3 Å². The van der Waals surface area contributed by atoms with Gasteiger partial charge in [0.15, 0.2) is 0 Å². The van der Waals surface area contributed by atoms with Gasteiger partial charge in [-0.1, -0.05) is 30.3 Å². The van der Waals surface area contributed by atoms with Gasteiger partial charge in [-0.05, 0) is 35.9 Å². The van der Waals surface area contributed by atoms with Gasteiger partial charge in [0.1, 0.15) is 10.9 Å². The van der Waals surface area contributed by atoms with E-state index in [2.05, 4.69) is 63.4 Å². The molecule has 134 valence electrons. The quantitative estimate of drug-likeness (QED) is 0.412. The van der Waals surface area contributed by atoms with Gasteiger partial charge in [-0.15, -0.1) is 11.3 Å². The molecule has 0 saturated heterocycles. The third-order valence-corrected chi connectivity index (χ3v) is 6.06. The number of benzene rings is 2. The van der Waals surface area contributed by atoms with Crippen molar-refractivity contribution in [2.75, 3.05) is 11.9 Å². The monoisotopic (exact) mass is 380 g/mol. The van der Waals surface area contributed by atoms with Crippen LogP contribution in [0.25, 0.3) is 31.6 Å². The first kappa shape index (κ1) is 16.5. The molecule has 0 bridgehead atoms. The zero-order valence-corrected chi connectivity index (χ0v) is 16.0. The summed E-state index contributed by atoms with van der Waals surface area (Å²) in [4.78, 5) is 11.9. The smallest absolute Gasteiger partial charge is 0.126 e. The summed E-state index contributed by atoms with van der Waals surface area (Å²) in [6.07, 6.45) is 3.61. The number of fused-ring (bicyclic) bond motifs is 2. The normalized spacial score (nSPS) is 11.0. The maximum absolute atomic E-state index is 9.72. The fraction of sp³-hybridized carbons (Fsp3) is 0.0435. The lowest BCUT2D eigenvalue weighted by Crippen LogP contribution is -2.11. The molecule has 3 aromatic heterocycles. The van der Waals surface area contributed by atoms with Crippen LogP contribution in [-0.2, 0) is 0 Å². The highest BCUT2D eigenvalue weighted by Crippen LogP contribution is 2.40. The average molecular weight is 380 g/mol. The second-order valence-electron chi connectivity index (χ2n) is 6.64. The molecule has 5 rings (SSSR count). The number of pyridine rings is 1. The third-order valence-electron chi connectivity index (χ3n) is 4.97. The van der Waals surface area contributed by atoms with Crippen LogP contribution < -0.4 is 4.90 Å². The van der Waals surface area contributed by atoms with Crippen LogP contribution in [0.15, 0.2) is 73.1 Å². The largest absolute Gasteiger partial charge is 0.361 e. The van der Waals surface area contributed by atoms with Gasteiger partial charge in [-0.25, -0.2) is 4.98 Å². The Morgan fingerprint density at radius 2 is 1.93 bits per heavy atom. The molecule has 0 amide bonds. The standard InChI is InChI=1S/C23H16N4S/c1-27(18-7-8-20-16(11-18)9-10-25-20)22-17(13-24)14-26-23-19(22)12-21(28-23)15-5-3-2-4-6-15/h2-12,14,25H,1H3. The maximum atomic E-state index is 9.72. The van der Waals surface area contributed by atoms with E-state index < -0.39 is 0 Å². The van der Waals surface area contributed by atoms with E-state index in [9.17, 15) is 5.26 Å². The van der Waals surface area contributed by atoms with E-state index >= 15 is 0 Å². The van der Waals surface area contributed by atoms with Crippen molar-refractivity contribution in [1.29, 1.82) is 5.26 Å². The van der Waals surface area contributed by atoms with E-state index in [1.807, 2.05) is 31.4 Å². The first-order chi connectivity index (χ1) is 13.7. The van der Waals surface area contributed by atoms with Crippen molar-refractivity contribution in [3.8, 4) is 16.5 Å². The highest BCUT2D eigenvalue weighted by molar-refractivity contribution is 7.21. The molecule has 0 saturated carbocycles. The Bertz CT molecular complexity index is 1340. The number of thiophene rings is 1. The van der Waals surface area contributed by atoms with E-state index in [0.29, 0.717) is 5.56 Å². The summed E-state index contributed by atoms with van der Waals surface area (Å²) in [6.45, 7) is 0. The maximum Gasteiger partial charge on any atom is 0.126 e. The van der Waals surface area contributed by atoms with Gasteiger partial charge < -0.3 is 9.88 Å². The van der Waals surface area contributed by atoms with Gasteiger partial charge in [0.2, 0.25) is 0 Å². The van der Waals surface area contributed by atoms with Crippen molar-refractivity contribution in [3.05, 3.63) is 78.6 Å². The molecule has 0 atom stereocenters. The van der Waals surface area contributed by atoms with Gasteiger partial charge in [0.05, 0.1) is 11.3 Å². The SMILES string of the molecule is CN(c1ccc2[nH]ccc2c1)c1c(C#N)cnc2sc(-c3ccccc3)cc12. The van der Waals surface area contributed by atoms with Crippen molar-refractivity contribution in [1.82, 2.24) is 9.97 Å². The van der Waals surface area contributed by atoms with Crippen LogP contribution in [0.5, 0.6) is 0 Å². The molecular weight excluding hydrogens is 364 g/mol. The van der Waals surface area contributed by atoms with E-state index in [1.54, 1.807) is 17.5 Å². The molecule has 0 aliphatic heterocycles. The molecular formula is C23H16N4S. The van der Waals surface area contributed by atoms with Crippen LogP contribution in [0.3, 0.4) is 0 Å². The van der Waals surface area contributed by atoms with E-state index in [0.717, 1.165) is 42.9 Å². The van der Waals surface area contributed by atoms with Gasteiger partial charge in [-0.3, -0.25) is 0 Å². The summed E-state index contributed by atoms with van der Waals surface area (Å²) < 4.78 is 0. The minimum atomic E-state index is 0.571. The molecule has 4 nitrogen and oxygen atoms in total. The first-order valence-corrected chi connectivity index (χ1v) is 9.75. The van der Waals surface area contributed by atoms with Crippen molar-refractivity contribution >= 4 is 43.8 Å². The minimum Gasteiger partial charge on any atom is -0.361 e. The Labute approximate surface area is 166 Å². The Morgan fingerprint density at radius 3 is 2.75 bits per heavy atom. The van der Waals surface area contributed by atoms with Gasteiger partial charge in [-0.2, -0.15) is 5.26 Å². The Hall–Kier alpha value is -3.62. The summed E-state index contributed by atoms with van der Waals surface area (Å²) in [7, 11) is 2.00. The lowest BCUT2D eigenvalue weighted by molar-refractivity contribution is 1.21. The number of nitriles is 1. The number of rotatable bonds is 3. The summed E-state index contributed by atoms with van der Waals surface area (Å²) >= 11 is 1.65. The Morgan fingerprint density at radius 1 is 1.07 bits per heavy atom. The number of anilines is 2. The zero-order valence-electron chi connectivity index (χ0n) is 15.2. The number of nitrogens with one attached hydrogen (secondary N) is 1. The second-order valence-corrected chi connectivity index (χ2v) is 7.67. The second kappa shape index (κ2) is 6.52. The van der Waals surface area contributed by atoms with Gasteiger partial charge in [0, 0.05) is 46.3 Å². The molecule has 2 aromatic carbocycles. The first-order valence-electron chi connectivity index (χ1n) is 8.93. The van der Waals surface area contributed by atoms with Crippen LogP contribution >= 0.6 is 11.3 Å². The van der Waals surface area contributed by atoms with Crippen molar-refractivity contribution in [3.63, 3.8) is 0 Å². The number of aromatic amines is 1. The Kier molecular flexibility index (Phi) is 3.85. The lowest BCUT2D eigenvalue weighted by atomic mass is 10.1. The molecule has 5 aromatic rings. The fourth-order valence-electron chi connectivity index (χ4n) is 3.54. The minimum absolute atomic E-state index is 0.571. The number of hydrogen-bond donors (Lipinski definition) is 1. The fourth-order valence-corrected chi connectivity index (χ4v) is 4.55. The van der Waals surface area contributed by atoms with Crippen LogP contribution in [0.4, 0.5) is 11.4 Å². The zero-order chi connectivity index (χ0) is 19.1. The lowest BCUT2D eigenvalue weighted by Gasteiger charge is -2.21. The molecule has 0 spiro atoms. The number of aromatic nitrogens is 2. The number of hydrogen-bond acceptors (Lipinski definition) is 4. The summed E-state index contributed by atoms with van der Waals surface area (Å²) in [5, 5.41) is 11.9. The molecule has 0 radical (unpaired) electrons. The molecule has 3 heterocycles. The third kappa shape index (κ3) is 2.63. The van der Waals surface area contributed by atoms with Crippen molar-refractivity contribution in [2.45, 2.75) is 0 Å². The summed E-state index contributed by atoms with van der Waals surface area (Å²) in [6, 6.07) is 23.0. The topological polar surface area (TPSA) is 55.7 Å². The van der Waals surface area contributed by atoms with E-state index in [1.165, 1.54) is 0 Å². The Balaban J connectivity index is 1.70. The van der Waals surface area contributed by atoms with Crippen LogP contribution in [-0.4, -0.2) is 17.0 Å². The van der Waals surface area contributed by atoms with E-state index in [-0.39, 0.29) is 0 Å². The molecule has 0 fully saturated rings. The summed E-state index contributed by atoms with van der Waals surface area (Å²) in [5.41, 5.74) is 4.75. The number of H-pyrrole nitrogens is 1. The molecule has 5 heteroatoms. The van der Waals surface area contributed by atoms with Gasteiger partial charge in [0.25, 0.3) is 0 Å².